The van der Waals surface area contributed by atoms with Crippen LogP contribution in [0.1, 0.15) is 4.88 Å². The lowest BCUT2D eigenvalue weighted by molar-refractivity contribution is -0.115. The van der Waals surface area contributed by atoms with Gasteiger partial charge in [0.15, 0.2) is 0 Å². The molecule has 1 aromatic carbocycles. The summed E-state index contributed by atoms with van der Waals surface area (Å²) >= 11 is 1.56. The molecule has 3 rings (SSSR count). The van der Waals surface area contributed by atoms with Crippen LogP contribution in [0.4, 0.5) is 5.69 Å². The second-order valence-corrected chi connectivity index (χ2v) is 6.00. The van der Waals surface area contributed by atoms with Gasteiger partial charge < -0.3 is 14.8 Å². The molecule has 2 aromatic heterocycles. The van der Waals surface area contributed by atoms with Crippen LogP contribution in [0.2, 0.25) is 0 Å². The SMILES string of the molecule is COc1ccc(Oc2ccc(NC(=O)Cc3cccs3)cn2)cc1. The van der Waals surface area contributed by atoms with E-state index in [-0.39, 0.29) is 5.91 Å². The van der Waals surface area contributed by atoms with Crippen molar-refractivity contribution in [2.75, 3.05) is 12.4 Å². The highest BCUT2D eigenvalue weighted by Gasteiger charge is 2.06. The number of methoxy groups -OCH3 is 1. The van der Waals surface area contributed by atoms with Crippen molar-refractivity contribution in [3.63, 3.8) is 0 Å². The molecule has 0 aliphatic carbocycles. The Hall–Kier alpha value is -2.86. The van der Waals surface area contributed by atoms with E-state index in [0.29, 0.717) is 23.7 Å². The molecule has 0 saturated carbocycles. The van der Waals surface area contributed by atoms with Gasteiger partial charge in [-0.25, -0.2) is 4.98 Å². The number of thiophene rings is 1. The second kappa shape index (κ2) is 7.61. The number of ether oxygens (including phenoxy) is 2. The van der Waals surface area contributed by atoms with Crippen molar-refractivity contribution in [3.05, 3.63) is 65.0 Å². The van der Waals surface area contributed by atoms with Crippen molar-refractivity contribution >= 4 is 22.9 Å². The third-order valence-corrected chi connectivity index (χ3v) is 4.09. The highest BCUT2D eigenvalue weighted by molar-refractivity contribution is 7.10. The lowest BCUT2D eigenvalue weighted by atomic mass is 10.3. The number of pyridine rings is 1. The number of anilines is 1. The molecule has 6 heteroatoms. The average molecular weight is 340 g/mol. The zero-order valence-electron chi connectivity index (χ0n) is 13.1. The van der Waals surface area contributed by atoms with Gasteiger partial charge in [-0.05, 0) is 41.8 Å². The van der Waals surface area contributed by atoms with Crippen molar-refractivity contribution in [3.8, 4) is 17.4 Å². The first-order valence-corrected chi connectivity index (χ1v) is 8.21. The van der Waals surface area contributed by atoms with E-state index in [1.54, 1.807) is 48.9 Å². The first kappa shape index (κ1) is 16.0. The van der Waals surface area contributed by atoms with E-state index >= 15 is 0 Å². The molecule has 24 heavy (non-hydrogen) atoms. The minimum atomic E-state index is -0.0666. The number of benzene rings is 1. The molecule has 1 N–H and O–H groups in total. The molecule has 0 atom stereocenters. The maximum absolute atomic E-state index is 11.9. The Bertz CT molecular complexity index is 784. The van der Waals surface area contributed by atoms with E-state index in [1.807, 2.05) is 29.6 Å². The predicted octanol–water partition coefficient (Wildman–Crippen LogP) is 4.13. The smallest absolute Gasteiger partial charge is 0.229 e. The fraction of sp³-hybridized carbons (Fsp3) is 0.111. The number of carbonyl (C=O) groups is 1. The summed E-state index contributed by atoms with van der Waals surface area (Å²) in [6.07, 6.45) is 1.94. The summed E-state index contributed by atoms with van der Waals surface area (Å²) in [5.41, 5.74) is 0.638. The van der Waals surface area contributed by atoms with Crippen LogP contribution in [-0.4, -0.2) is 18.0 Å². The maximum atomic E-state index is 11.9. The van der Waals surface area contributed by atoms with E-state index < -0.39 is 0 Å². The van der Waals surface area contributed by atoms with Gasteiger partial charge in [0.2, 0.25) is 11.8 Å². The molecular weight excluding hydrogens is 324 g/mol. The molecule has 0 unspecified atom stereocenters. The fourth-order valence-corrected chi connectivity index (χ4v) is 2.76. The number of nitrogens with zero attached hydrogens (tertiary/aromatic N) is 1. The summed E-state index contributed by atoms with van der Waals surface area (Å²) in [7, 11) is 1.61. The number of nitrogens with one attached hydrogen (secondary N) is 1. The minimum Gasteiger partial charge on any atom is -0.497 e. The zero-order chi connectivity index (χ0) is 16.8. The minimum absolute atomic E-state index is 0.0666. The van der Waals surface area contributed by atoms with Crippen LogP contribution in [0.15, 0.2) is 60.1 Å². The topological polar surface area (TPSA) is 60.5 Å². The van der Waals surface area contributed by atoms with Crippen LogP contribution in [0.3, 0.4) is 0 Å². The molecule has 0 bridgehead atoms. The lowest BCUT2D eigenvalue weighted by Gasteiger charge is -2.07. The quantitative estimate of drug-likeness (QED) is 0.733. The van der Waals surface area contributed by atoms with Gasteiger partial charge in [0, 0.05) is 10.9 Å². The highest BCUT2D eigenvalue weighted by Crippen LogP contribution is 2.23. The van der Waals surface area contributed by atoms with E-state index in [2.05, 4.69) is 10.3 Å². The molecular formula is C18H16N2O3S. The molecule has 0 aliphatic rings. The number of rotatable bonds is 6. The number of hydrogen-bond donors (Lipinski definition) is 1. The van der Waals surface area contributed by atoms with Gasteiger partial charge in [0.1, 0.15) is 11.5 Å². The summed E-state index contributed by atoms with van der Waals surface area (Å²) in [6, 6.07) is 14.6. The second-order valence-electron chi connectivity index (χ2n) is 4.97. The van der Waals surface area contributed by atoms with Gasteiger partial charge in [-0.15, -0.1) is 11.3 Å². The van der Waals surface area contributed by atoms with Crippen LogP contribution in [0.25, 0.3) is 0 Å². The van der Waals surface area contributed by atoms with Crippen LogP contribution in [0.5, 0.6) is 17.4 Å². The van der Waals surface area contributed by atoms with E-state index in [0.717, 1.165) is 10.6 Å². The molecule has 2 heterocycles. The number of aromatic nitrogens is 1. The van der Waals surface area contributed by atoms with Crippen molar-refractivity contribution in [1.29, 1.82) is 0 Å². The van der Waals surface area contributed by atoms with E-state index in [1.165, 1.54) is 0 Å². The predicted molar refractivity (Wildman–Crippen MR) is 94.0 cm³/mol. The van der Waals surface area contributed by atoms with Crippen molar-refractivity contribution < 1.29 is 14.3 Å². The highest BCUT2D eigenvalue weighted by atomic mass is 32.1. The number of carbonyl (C=O) groups excluding carboxylic acids is 1. The number of amides is 1. The monoisotopic (exact) mass is 340 g/mol. The van der Waals surface area contributed by atoms with Crippen molar-refractivity contribution in [2.45, 2.75) is 6.42 Å². The van der Waals surface area contributed by atoms with Crippen LogP contribution >= 0.6 is 11.3 Å². The van der Waals surface area contributed by atoms with Gasteiger partial charge in [0.05, 0.1) is 25.4 Å². The Kier molecular flexibility index (Phi) is 5.08. The number of hydrogen-bond acceptors (Lipinski definition) is 5. The zero-order valence-corrected chi connectivity index (χ0v) is 13.9. The standard InChI is InChI=1S/C18H16N2O3S/c1-22-14-5-7-15(8-6-14)23-18-9-4-13(12-19-18)20-17(21)11-16-3-2-10-24-16/h2-10,12H,11H2,1H3,(H,20,21). The molecule has 0 fully saturated rings. The largest absolute Gasteiger partial charge is 0.497 e. The summed E-state index contributed by atoms with van der Waals surface area (Å²) in [5, 5.41) is 4.77. The molecule has 5 nitrogen and oxygen atoms in total. The Morgan fingerprint density at radius 2 is 1.92 bits per heavy atom. The molecule has 0 spiro atoms. The first-order chi connectivity index (χ1) is 11.7. The normalized spacial score (nSPS) is 10.2. The summed E-state index contributed by atoms with van der Waals surface area (Å²) in [6.45, 7) is 0. The van der Waals surface area contributed by atoms with E-state index in [9.17, 15) is 4.79 Å². The van der Waals surface area contributed by atoms with Crippen LogP contribution in [0, 0.1) is 0 Å². The Morgan fingerprint density at radius 1 is 1.12 bits per heavy atom. The maximum Gasteiger partial charge on any atom is 0.229 e. The third-order valence-electron chi connectivity index (χ3n) is 3.22. The van der Waals surface area contributed by atoms with Gasteiger partial charge >= 0.3 is 0 Å². The van der Waals surface area contributed by atoms with Crippen LogP contribution < -0.4 is 14.8 Å². The Labute approximate surface area is 143 Å². The molecule has 0 aliphatic heterocycles. The van der Waals surface area contributed by atoms with Crippen molar-refractivity contribution in [2.24, 2.45) is 0 Å². The average Bonchev–Trinajstić information content (AvgIpc) is 3.10. The van der Waals surface area contributed by atoms with Gasteiger partial charge in [-0.2, -0.15) is 0 Å². The molecule has 1 amide bonds. The lowest BCUT2D eigenvalue weighted by Crippen LogP contribution is -2.13. The fourth-order valence-electron chi connectivity index (χ4n) is 2.06. The Morgan fingerprint density at radius 3 is 2.54 bits per heavy atom. The van der Waals surface area contributed by atoms with Crippen LogP contribution in [-0.2, 0) is 11.2 Å². The van der Waals surface area contributed by atoms with Gasteiger partial charge in [0.25, 0.3) is 0 Å². The van der Waals surface area contributed by atoms with E-state index in [4.69, 9.17) is 9.47 Å². The van der Waals surface area contributed by atoms with Crippen molar-refractivity contribution in [1.82, 2.24) is 4.98 Å². The summed E-state index contributed by atoms with van der Waals surface area (Å²) in [5.74, 6) is 1.82. The Balaban J connectivity index is 1.57. The summed E-state index contributed by atoms with van der Waals surface area (Å²) in [4.78, 5) is 17.2. The van der Waals surface area contributed by atoms with Gasteiger partial charge in [-0.3, -0.25) is 4.79 Å². The molecule has 3 aromatic rings. The summed E-state index contributed by atoms with van der Waals surface area (Å²) < 4.78 is 10.7. The molecule has 0 saturated heterocycles. The van der Waals surface area contributed by atoms with Gasteiger partial charge in [-0.1, -0.05) is 6.07 Å². The first-order valence-electron chi connectivity index (χ1n) is 7.33. The molecule has 122 valence electrons. The molecule has 0 radical (unpaired) electrons. The third kappa shape index (κ3) is 4.33.